The van der Waals surface area contributed by atoms with Gasteiger partial charge in [-0.15, -0.1) is 0 Å². The first-order valence-corrected chi connectivity index (χ1v) is 9.72. The first kappa shape index (κ1) is 15.5. The normalized spacial score (nSPS) is 38.7. The van der Waals surface area contributed by atoms with Gasteiger partial charge in [0.2, 0.25) is 0 Å². The Bertz CT molecular complexity index is 690. The van der Waals surface area contributed by atoms with E-state index in [0.717, 1.165) is 38.5 Å². The van der Waals surface area contributed by atoms with Gasteiger partial charge >= 0.3 is 0 Å². The van der Waals surface area contributed by atoms with Crippen molar-refractivity contribution in [3.05, 3.63) is 29.3 Å². The molecule has 1 aromatic carbocycles. The number of benzene rings is 1. The Morgan fingerprint density at radius 3 is 2.83 bits per heavy atom. The molecule has 23 heavy (non-hydrogen) atoms. The molecule has 0 aromatic heterocycles. The molecule has 0 spiro atoms. The summed E-state index contributed by atoms with van der Waals surface area (Å²) in [6, 6.07) is 5.74. The van der Waals surface area contributed by atoms with Gasteiger partial charge in [0.1, 0.15) is 5.75 Å². The number of thiol groups is 1. The zero-order valence-corrected chi connectivity index (χ0v) is 14.3. The molecule has 0 bridgehead atoms. The van der Waals surface area contributed by atoms with E-state index in [0.29, 0.717) is 23.5 Å². The molecule has 0 saturated heterocycles. The van der Waals surface area contributed by atoms with Crippen molar-refractivity contribution >= 4 is 11.0 Å². The highest BCUT2D eigenvalue weighted by molar-refractivity contribution is 7.67. The van der Waals surface area contributed by atoms with Crippen molar-refractivity contribution < 1.29 is 17.7 Å². The lowest BCUT2D eigenvalue weighted by Gasteiger charge is -2.50. The standard InChI is InChI=1S/C18H24O4S/c1-18-9-8-14-13-5-3-12(22-23(20)21)10-11(13)2-4-15(14)16(18)6-7-17(18)19/h3,5,10,14-17,19,23H,2,4,6-9H2,1H3/t14?,15?,16?,17-,18+/m1/s1. The number of hydrogen-bond donors (Lipinski definition) is 2. The van der Waals surface area contributed by atoms with Crippen LogP contribution in [0, 0.1) is 17.3 Å². The molecule has 3 aliphatic rings. The Morgan fingerprint density at radius 1 is 1.22 bits per heavy atom. The van der Waals surface area contributed by atoms with E-state index in [1.165, 1.54) is 11.1 Å². The summed E-state index contributed by atoms with van der Waals surface area (Å²) in [5, 5.41) is 10.4. The molecule has 0 heterocycles. The maximum atomic E-state index is 10.7. The fourth-order valence-electron chi connectivity index (χ4n) is 5.67. The van der Waals surface area contributed by atoms with E-state index in [2.05, 4.69) is 13.0 Å². The minimum Gasteiger partial charge on any atom is -0.393 e. The van der Waals surface area contributed by atoms with Crippen LogP contribution in [0.3, 0.4) is 0 Å². The first-order chi connectivity index (χ1) is 11.0. The zero-order valence-electron chi connectivity index (χ0n) is 13.4. The third kappa shape index (κ3) is 2.40. The lowest BCUT2D eigenvalue weighted by atomic mass is 9.55. The average molecular weight is 336 g/mol. The van der Waals surface area contributed by atoms with Gasteiger partial charge in [-0.25, -0.2) is 0 Å². The number of aryl methyl sites for hydroxylation is 1. The Balaban J connectivity index is 1.65. The van der Waals surface area contributed by atoms with Crippen LogP contribution in [-0.4, -0.2) is 19.6 Å². The summed E-state index contributed by atoms with van der Waals surface area (Å²) in [6.07, 6.45) is 6.27. The van der Waals surface area contributed by atoms with Crippen molar-refractivity contribution in [2.75, 3.05) is 0 Å². The molecule has 3 unspecified atom stereocenters. The molecule has 4 nitrogen and oxygen atoms in total. The number of rotatable bonds is 2. The van der Waals surface area contributed by atoms with E-state index in [4.69, 9.17) is 4.18 Å². The predicted molar refractivity (Wildman–Crippen MR) is 88.0 cm³/mol. The van der Waals surface area contributed by atoms with Crippen molar-refractivity contribution in [1.29, 1.82) is 0 Å². The molecule has 0 amide bonds. The van der Waals surface area contributed by atoms with Crippen LogP contribution in [0.4, 0.5) is 0 Å². The Hall–Kier alpha value is -1.07. The lowest BCUT2D eigenvalue weighted by molar-refractivity contribution is -0.0226. The molecule has 3 aliphatic carbocycles. The summed E-state index contributed by atoms with van der Waals surface area (Å²) >= 11 is 0. The highest BCUT2D eigenvalue weighted by Crippen LogP contribution is 2.60. The quantitative estimate of drug-likeness (QED) is 0.815. The van der Waals surface area contributed by atoms with Crippen molar-refractivity contribution in [3.8, 4) is 5.75 Å². The second kappa shape index (κ2) is 5.49. The molecular weight excluding hydrogens is 312 g/mol. The monoisotopic (exact) mass is 336 g/mol. The summed E-state index contributed by atoms with van der Waals surface area (Å²) in [5.74, 6) is 2.25. The number of aliphatic hydroxyl groups is 1. The predicted octanol–water partition coefficient (Wildman–Crippen LogP) is 2.81. The molecule has 2 fully saturated rings. The Morgan fingerprint density at radius 2 is 2.04 bits per heavy atom. The van der Waals surface area contributed by atoms with Gasteiger partial charge < -0.3 is 9.29 Å². The topological polar surface area (TPSA) is 63.6 Å². The van der Waals surface area contributed by atoms with Gasteiger partial charge in [-0.05, 0) is 85.0 Å². The van der Waals surface area contributed by atoms with Gasteiger partial charge in [-0.2, -0.15) is 8.42 Å². The van der Waals surface area contributed by atoms with Crippen LogP contribution in [0.1, 0.15) is 56.1 Å². The average Bonchev–Trinajstić information content (AvgIpc) is 2.82. The van der Waals surface area contributed by atoms with Crippen molar-refractivity contribution in [3.63, 3.8) is 0 Å². The molecule has 126 valence electrons. The summed E-state index contributed by atoms with van der Waals surface area (Å²) in [5.41, 5.74) is 2.71. The SMILES string of the molecule is C[C@]12CCC3c4ccc(O[SH](=O)=O)cc4CCC3C1CC[C@H]2O. The van der Waals surface area contributed by atoms with E-state index in [1.54, 1.807) is 6.07 Å². The number of aliphatic hydroxyl groups excluding tert-OH is 1. The van der Waals surface area contributed by atoms with Gasteiger partial charge in [0.05, 0.1) is 6.10 Å². The molecule has 1 N–H and O–H groups in total. The van der Waals surface area contributed by atoms with Crippen LogP contribution in [0.25, 0.3) is 0 Å². The van der Waals surface area contributed by atoms with Crippen LogP contribution >= 0.6 is 0 Å². The molecule has 5 heteroatoms. The smallest absolute Gasteiger partial charge is 0.299 e. The second-order valence-corrected chi connectivity index (χ2v) is 8.36. The van der Waals surface area contributed by atoms with Crippen LogP contribution in [0.2, 0.25) is 0 Å². The molecule has 4 rings (SSSR count). The number of hydrogen-bond acceptors (Lipinski definition) is 4. The van der Waals surface area contributed by atoms with Gasteiger partial charge in [0.25, 0.3) is 11.0 Å². The molecule has 5 atom stereocenters. The molecular formula is C18H24O4S. The van der Waals surface area contributed by atoms with Crippen LogP contribution in [0.5, 0.6) is 5.75 Å². The highest BCUT2D eigenvalue weighted by atomic mass is 32.2. The summed E-state index contributed by atoms with van der Waals surface area (Å²) in [4.78, 5) is 0. The van der Waals surface area contributed by atoms with E-state index >= 15 is 0 Å². The third-order valence-corrected chi connectivity index (χ3v) is 7.19. The highest BCUT2D eigenvalue weighted by Gasteiger charge is 2.54. The summed E-state index contributed by atoms with van der Waals surface area (Å²) in [6.45, 7) is 2.28. The van der Waals surface area contributed by atoms with Gasteiger partial charge in [-0.3, -0.25) is 0 Å². The fraction of sp³-hybridized carbons (Fsp3) is 0.667. The molecule has 2 saturated carbocycles. The first-order valence-electron chi connectivity index (χ1n) is 8.62. The maximum absolute atomic E-state index is 10.7. The second-order valence-electron chi connectivity index (χ2n) is 7.73. The zero-order chi connectivity index (χ0) is 16.2. The summed E-state index contributed by atoms with van der Waals surface area (Å²) < 4.78 is 26.3. The van der Waals surface area contributed by atoms with Gasteiger partial charge in [-0.1, -0.05) is 13.0 Å². The third-order valence-electron chi connectivity index (χ3n) is 6.83. The largest absolute Gasteiger partial charge is 0.393 e. The van der Waals surface area contributed by atoms with Gasteiger partial charge in [0, 0.05) is 0 Å². The maximum Gasteiger partial charge on any atom is 0.299 e. The summed E-state index contributed by atoms with van der Waals surface area (Å²) in [7, 11) is -2.85. The lowest BCUT2D eigenvalue weighted by Crippen LogP contribution is -2.43. The van der Waals surface area contributed by atoms with Crippen molar-refractivity contribution in [1.82, 2.24) is 0 Å². The van der Waals surface area contributed by atoms with Crippen LogP contribution in [0.15, 0.2) is 18.2 Å². The van der Waals surface area contributed by atoms with E-state index in [-0.39, 0.29) is 11.5 Å². The minimum atomic E-state index is -2.85. The molecule has 1 aromatic rings. The molecule has 0 aliphatic heterocycles. The molecule has 0 radical (unpaired) electrons. The Labute approximate surface area is 139 Å². The minimum absolute atomic E-state index is 0.0999. The van der Waals surface area contributed by atoms with Gasteiger partial charge in [0.15, 0.2) is 0 Å². The van der Waals surface area contributed by atoms with E-state index in [9.17, 15) is 13.5 Å². The van der Waals surface area contributed by atoms with E-state index < -0.39 is 11.0 Å². The Kier molecular flexibility index (Phi) is 3.69. The van der Waals surface area contributed by atoms with Crippen LogP contribution in [-0.2, 0) is 17.4 Å². The van der Waals surface area contributed by atoms with Crippen molar-refractivity contribution in [2.24, 2.45) is 17.3 Å². The van der Waals surface area contributed by atoms with E-state index in [1.807, 2.05) is 6.07 Å². The van der Waals surface area contributed by atoms with Crippen LogP contribution < -0.4 is 4.18 Å². The number of fused-ring (bicyclic) bond motifs is 5. The van der Waals surface area contributed by atoms with Crippen molar-refractivity contribution in [2.45, 2.75) is 57.5 Å². The fourth-order valence-corrected chi connectivity index (χ4v) is 5.96.